The summed E-state index contributed by atoms with van der Waals surface area (Å²) in [6, 6.07) is 5.47. The Bertz CT molecular complexity index is 1060. The molecule has 0 atom stereocenters. The highest BCUT2D eigenvalue weighted by Gasteiger charge is 2.19. The Morgan fingerprint density at radius 2 is 1.76 bits per heavy atom. The molecule has 4 aromatic rings. The third kappa shape index (κ3) is 2.34. The molecule has 0 aliphatic heterocycles. The number of rotatable bonds is 4. The normalized spacial score (nSPS) is 11.2. The summed E-state index contributed by atoms with van der Waals surface area (Å²) >= 11 is 0. The van der Waals surface area contributed by atoms with Crippen LogP contribution in [0.3, 0.4) is 0 Å². The number of benzene rings is 1. The molecule has 0 fully saturated rings. The van der Waals surface area contributed by atoms with E-state index in [0.717, 1.165) is 16.6 Å². The minimum absolute atomic E-state index is 0.440. The van der Waals surface area contributed by atoms with Crippen LogP contribution in [0.25, 0.3) is 33.7 Å². The van der Waals surface area contributed by atoms with Gasteiger partial charge in [-0.25, -0.2) is 9.97 Å². The molecule has 0 saturated carbocycles. The Morgan fingerprint density at radius 3 is 2.40 bits per heavy atom. The third-order valence-electron chi connectivity index (χ3n) is 4.04. The summed E-state index contributed by atoms with van der Waals surface area (Å²) in [7, 11) is 6.92. The summed E-state index contributed by atoms with van der Waals surface area (Å²) in [5.74, 6) is 2.40. The predicted octanol–water partition coefficient (Wildman–Crippen LogP) is 2.84. The number of ether oxygens (including phenoxy) is 2. The molecule has 3 heterocycles. The van der Waals surface area contributed by atoms with E-state index < -0.39 is 0 Å². The van der Waals surface area contributed by atoms with Crippen LogP contribution in [-0.2, 0) is 7.05 Å². The van der Waals surface area contributed by atoms with Gasteiger partial charge in [0.1, 0.15) is 22.5 Å². The largest absolute Gasteiger partial charge is 0.497 e. The summed E-state index contributed by atoms with van der Waals surface area (Å²) in [6.07, 6.45) is 1.73. The van der Waals surface area contributed by atoms with Gasteiger partial charge < -0.3 is 23.8 Å². The topological polar surface area (TPSA) is 87.2 Å². The lowest BCUT2D eigenvalue weighted by Gasteiger charge is -2.05. The molecule has 0 amide bonds. The highest BCUT2D eigenvalue weighted by Crippen LogP contribution is 2.34. The molecule has 0 aliphatic rings. The van der Waals surface area contributed by atoms with Crippen molar-refractivity contribution in [2.45, 2.75) is 0 Å². The molecule has 0 radical (unpaired) electrons. The van der Waals surface area contributed by atoms with Gasteiger partial charge in [0.15, 0.2) is 11.3 Å². The molecule has 0 unspecified atom stereocenters. The predicted molar refractivity (Wildman–Crippen MR) is 94.2 cm³/mol. The molecular weight excluding hydrogens is 322 g/mol. The fourth-order valence-corrected chi connectivity index (χ4v) is 2.81. The Morgan fingerprint density at radius 1 is 1.04 bits per heavy atom. The van der Waals surface area contributed by atoms with E-state index in [-0.39, 0.29) is 0 Å². The molecule has 0 aliphatic carbocycles. The lowest BCUT2D eigenvalue weighted by molar-refractivity contribution is 0.394. The van der Waals surface area contributed by atoms with Crippen molar-refractivity contribution in [3.63, 3.8) is 0 Å². The molecule has 4 rings (SSSR count). The van der Waals surface area contributed by atoms with Gasteiger partial charge in [-0.2, -0.15) is 4.98 Å². The number of nitrogens with one attached hydrogen (secondary N) is 1. The maximum atomic E-state index is 5.91. The van der Waals surface area contributed by atoms with Crippen molar-refractivity contribution < 1.29 is 13.9 Å². The minimum Gasteiger partial charge on any atom is -0.497 e. The van der Waals surface area contributed by atoms with Crippen LogP contribution in [0.4, 0.5) is 5.82 Å². The van der Waals surface area contributed by atoms with E-state index in [1.807, 2.05) is 23.7 Å². The molecule has 1 N–H and O–H groups in total. The van der Waals surface area contributed by atoms with Gasteiger partial charge in [-0.05, 0) is 12.1 Å². The van der Waals surface area contributed by atoms with Crippen molar-refractivity contribution in [1.82, 2.24) is 19.5 Å². The van der Waals surface area contributed by atoms with E-state index in [9.17, 15) is 0 Å². The molecule has 8 nitrogen and oxygen atoms in total. The Hall–Kier alpha value is -3.29. The first-order chi connectivity index (χ1) is 12.1. The Labute approximate surface area is 143 Å². The summed E-state index contributed by atoms with van der Waals surface area (Å²) in [5, 5.41) is 3.05. The average molecular weight is 339 g/mol. The van der Waals surface area contributed by atoms with Crippen LogP contribution in [0.15, 0.2) is 28.9 Å². The summed E-state index contributed by atoms with van der Waals surface area (Å²) in [5.41, 5.74) is 3.46. The zero-order valence-corrected chi connectivity index (χ0v) is 14.3. The minimum atomic E-state index is 0.440. The quantitative estimate of drug-likeness (QED) is 0.611. The highest BCUT2D eigenvalue weighted by atomic mass is 16.5. The van der Waals surface area contributed by atoms with Crippen molar-refractivity contribution >= 4 is 28.1 Å². The Kier molecular flexibility index (Phi) is 3.45. The number of anilines is 1. The molecule has 8 heteroatoms. The monoisotopic (exact) mass is 339 g/mol. The summed E-state index contributed by atoms with van der Waals surface area (Å²) in [6.45, 7) is 0. The summed E-state index contributed by atoms with van der Waals surface area (Å²) < 4.78 is 18.4. The first-order valence-corrected chi connectivity index (χ1v) is 7.67. The molecule has 0 bridgehead atoms. The van der Waals surface area contributed by atoms with Crippen LogP contribution in [-0.4, -0.2) is 40.8 Å². The average Bonchev–Trinajstić information content (AvgIpc) is 3.24. The van der Waals surface area contributed by atoms with Gasteiger partial charge in [0.2, 0.25) is 5.89 Å². The van der Waals surface area contributed by atoms with E-state index in [1.54, 1.807) is 33.7 Å². The maximum absolute atomic E-state index is 5.91. The molecule has 0 spiro atoms. The van der Waals surface area contributed by atoms with E-state index in [1.165, 1.54) is 0 Å². The second kappa shape index (κ2) is 5.66. The zero-order valence-electron chi connectivity index (χ0n) is 14.3. The smallest absolute Gasteiger partial charge is 0.251 e. The van der Waals surface area contributed by atoms with Crippen molar-refractivity contribution in [3.05, 3.63) is 24.5 Å². The van der Waals surface area contributed by atoms with Crippen molar-refractivity contribution in [3.8, 4) is 23.0 Å². The van der Waals surface area contributed by atoms with Gasteiger partial charge >= 0.3 is 0 Å². The highest BCUT2D eigenvalue weighted by molar-refractivity contribution is 6.03. The Balaban J connectivity index is 1.98. The number of fused-ring (bicyclic) bond motifs is 3. The van der Waals surface area contributed by atoms with Crippen LogP contribution in [0, 0.1) is 0 Å². The molecular formula is C17H17N5O3. The number of imidazole rings is 1. The number of nitrogens with zero attached hydrogens (tertiary/aromatic N) is 4. The fraction of sp³-hybridized carbons (Fsp3) is 0.235. The number of methoxy groups -OCH3 is 2. The van der Waals surface area contributed by atoms with E-state index in [4.69, 9.17) is 13.9 Å². The molecule has 0 saturated heterocycles. The van der Waals surface area contributed by atoms with Crippen LogP contribution in [0.5, 0.6) is 11.5 Å². The van der Waals surface area contributed by atoms with Gasteiger partial charge in [-0.1, -0.05) is 0 Å². The number of pyridine rings is 1. The molecule has 25 heavy (non-hydrogen) atoms. The van der Waals surface area contributed by atoms with Crippen molar-refractivity contribution in [2.75, 3.05) is 26.6 Å². The van der Waals surface area contributed by atoms with Crippen LogP contribution in [0.1, 0.15) is 0 Å². The standard InChI is InChI=1S/C17H17N5O3/c1-18-15-12-14(22(2)8-19-12)13-17(21-15)25-16(20-13)9-5-10(23-3)7-11(6-9)24-4/h5-8H,1-4H3,(H,18,21). The lowest BCUT2D eigenvalue weighted by atomic mass is 10.2. The molecule has 128 valence electrons. The maximum Gasteiger partial charge on any atom is 0.251 e. The van der Waals surface area contributed by atoms with Crippen LogP contribution < -0.4 is 14.8 Å². The number of aryl methyl sites for hydroxylation is 1. The van der Waals surface area contributed by atoms with E-state index in [2.05, 4.69) is 20.3 Å². The van der Waals surface area contributed by atoms with E-state index in [0.29, 0.717) is 34.4 Å². The van der Waals surface area contributed by atoms with Gasteiger partial charge in [-0.15, -0.1) is 0 Å². The lowest BCUT2D eigenvalue weighted by Crippen LogP contribution is -1.95. The third-order valence-corrected chi connectivity index (χ3v) is 4.04. The van der Waals surface area contributed by atoms with Crippen molar-refractivity contribution in [2.24, 2.45) is 7.05 Å². The second-order valence-electron chi connectivity index (χ2n) is 5.54. The van der Waals surface area contributed by atoms with Gasteiger partial charge in [0.25, 0.3) is 5.71 Å². The zero-order chi connectivity index (χ0) is 17.6. The van der Waals surface area contributed by atoms with Gasteiger partial charge in [0.05, 0.1) is 20.5 Å². The summed E-state index contributed by atoms with van der Waals surface area (Å²) in [4.78, 5) is 13.5. The van der Waals surface area contributed by atoms with Crippen molar-refractivity contribution in [1.29, 1.82) is 0 Å². The van der Waals surface area contributed by atoms with Gasteiger partial charge in [-0.3, -0.25) is 0 Å². The van der Waals surface area contributed by atoms with Gasteiger partial charge in [0, 0.05) is 25.7 Å². The number of hydrogen-bond acceptors (Lipinski definition) is 7. The number of oxazole rings is 1. The van der Waals surface area contributed by atoms with Crippen LogP contribution >= 0.6 is 0 Å². The SMILES string of the molecule is CNc1nc2oc(-c3cc(OC)cc(OC)c3)nc2c2c1ncn2C. The first kappa shape index (κ1) is 15.3. The number of aromatic nitrogens is 4. The van der Waals surface area contributed by atoms with E-state index >= 15 is 0 Å². The fourth-order valence-electron chi connectivity index (χ4n) is 2.81. The second-order valence-corrected chi connectivity index (χ2v) is 5.54. The molecule has 3 aromatic heterocycles. The van der Waals surface area contributed by atoms with Crippen LogP contribution in [0.2, 0.25) is 0 Å². The number of hydrogen-bond donors (Lipinski definition) is 1. The molecule has 1 aromatic carbocycles. The first-order valence-electron chi connectivity index (χ1n) is 7.67.